The Balaban J connectivity index is 4.40. The van der Waals surface area contributed by atoms with Crippen LogP contribution in [0.2, 0.25) is 0 Å². The molecular formula is C64H108O6. The molecule has 6 heteroatoms. The van der Waals surface area contributed by atoms with Crippen molar-refractivity contribution in [3.63, 3.8) is 0 Å². The molecule has 0 aliphatic carbocycles. The zero-order valence-corrected chi connectivity index (χ0v) is 45.8. The van der Waals surface area contributed by atoms with E-state index in [9.17, 15) is 14.4 Å². The Bertz CT molecular complexity index is 1400. The lowest BCUT2D eigenvalue weighted by Gasteiger charge is -2.18. The third-order valence-electron chi connectivity index (χ3n) is 12.3. The molecule has 1 unspecified atom stereocenters. The maximum absolute atomic E-state index is 12.8. The lowest BCUT2D eigenvalue weighted by molar-refractivity contribution is -0.166. The van der Waals surface area contributed by atoms with Gasteiger partial charge in [-0.15, -0.1) is 0 Å². The summed E-state index contributed by atoms with van der Waals surface area (Å²) in [6.45, 7) is 6.34. The lowest BCUT2D eigenvalue weighted by atomic mass is 10.0. The van der Waals surface area contributed by atoms with Crippen LogP contribution in [0.4, 0.5) is 0 Å². The number of hydrogen-bond acceptors (Lipinski definition) is 6. The predicted molar refractivity (Wildman–Crippen MR) is 302 cm³/mol. The molecule has 0 amide bonds. The fraction of sp³-hybridized carbons (Fsp3) is 0.703. The molecule has 0 saturated carbocycles. The second kappa shape index (κ2) is 57.9. The molecule has 6 nitrogen and oxygen atoms in total. The van der Waals surface area contributed by atoms with Crippen molar-refractivity contribution in [3.8, 4) is 0 Å². The zero-order valence-electron chi connectivity index (χ0n) is 45.8. The minimum atomic E-state index is -0.819. The van der Waals surface area contributed by atoms with E-state index in [0.717, 1.165) is 103 Å². The Morgan fingerprint density at radius 3 is 0.957 bits per heavy atom. The molecule has 0 rings (SSSR count). The minimum Gasteiger partial charge on any atom is -0.462 e. The van der Waals surface area contributed by atoms with E-state index in [1.807, 2.05) is 12.2 Å². The summed E-state index contributed by atoms with van der Waals surface area (Å²) in [5, 5.41) is 0. The van der Waals surface area contributed by atoms with E-state index in [0.29, 0.717) is 12.8 Å². The number of rotatable bonds is 52. The summed E-state index contributed by atoms with van der Waals surface area (Å²) >= 11 is 0. The molecule has 0 radical (unpaired) electrons. The quantitative estimate of drug-likeness (QED) is 0.0262. The van der Waals surface area contributed by atoms with Gasteiger partial charge in [0.15, 0.2) is 6.10 Å². The van der Waals surface area contributed by atoms with Crippen LogP contribution in [0.3, 0.4) is 0 Å². The van der Waals surface area contributed by atoms with E-state index in [2.05, 4.69) is 106 Å². The van der Waals surface area contributed by atoms with Gasteiger partial charge in [-0.2, -0.15) is 0 Å². The molecule has 0 bridgehead atoms. The molecule has 0 fully saturated rings. The Labute approximate surface area is 432 Å². The van der Waals surface area contributed by atoms with Gasteiger partial charge in [0.1, 0.15) is 13.2 Å². The molecule has 1 atom stereocenters. The van der Waals surface area contributed by atoms with Crippen molar-refractivity contribution in [2.45, 2.75) is 277 Å². The first-order valence-corrected chi connectivity index (χ1v) is 29.2. The van der Waals surface area contributed by atoms with Crippen molar-refractivity contribution in [2.75, 3.05) is 13.2 Å². The molecule has 0 saturated heterocycles. The summed E-state index contributed by atoms with van der Waals surface area (Å²) in [5.41, 5.74) is 0. The van der Waals surface area contributed by atoms with Crippen molar-refractivity contribution >= 4 is 17.9 Å². The molecule has 70 heavy (non-hydrogen) atoms. The molecule has 0 aromatic carbocycles. The molecule has 0 aromatic heterocycles. The summed E-state index contributed by atoms with van der Waals surface area (Å²) < 4.78 is 16.8. The van der Waals surface area contributed by atoms with Crippen LogP contribution in [0.25, 0.3) is 0 Å². The predicted octanol–water partition coefficient (Wildman–Crippen LogP) is 19.7. The monoisotopic (exact) mass is 973 g/mol. The van der Waals surface area contributed by atoms with Gasteiger partial charge in [-0.1, -0.05) is 266 Å². The number of hydrogen-bond donors (Lipinski definition) is 0. The number of allylic oxidation sites excluding steroid dienone is 16. The van der Waals surface area contributed by atoms with Crippen LogP contribution in [0.5, 0.6) is 0 Å². The van der Waals surface area contributed by atoms with E-state index in [4.69, 9.17) is 14.2 Å². The van der Waals surface area contributed by atoms with E-state index in [1.54, 1.807) is 0 Å². The number of carbonyl (C=O) groups excluding carboxylic acids is 3. The third-order valence-corrected chi connectivity index (χ3v) is 12.3. The van der Waals surface area contributed by atoms with Gasteiger partial charge in [-0.3, -0.25) is 14.4 Å². The Morgan fingerprint density at radius 2 is 0.586 bits per heavy atom. The first-order valence-electron chi connectivity index (χ1n) is 29.2. The Hall–Kier alpha value is -3.67. The molecule has 0 aliphatic heterocycles. The molecule has 0 N–H and O–H groups in total. The smallest absolute Gasteiger partial charge is 0.306 e. The topological polar surface area (TPSA) is 78.9 Å². The molecule has 0 aliphatic rings. The van der Waals surface area contributed by atoms with Gasteiger partial charge in [0.25, 0.3) is 0 Å². The molecule has 400 valence electrons. The Morgan fingerprint density at radius 1 is 0.300 bits per heavy atom. The van der Waals surface area contributed by atoms with E-state index in [-0.39, 0.29) is 44.0 Å². The summed E-state index contributed by atoms with van der Waals surface area (Å²) in [6.07, 6.45) is 77.1. The molecule has 0 heterocycles. The van der Waals surface area contributed by atoms with Crippen molar-refractivity contribution in [1.82, 2.24) is 0 Å². The highest BCUT2D eigenvalue weighted by Gasteiger charge is 2.19. The summed E-state index contributed by atoms with van der Waals surface area (Å²) in [6, 6.07) is 0. The highest BCUT2D eigenvalue weighted by atomic mass is 16.6. The first kappa shape index (κ1) is 66.3. The van der Waals surface area contributed by atoms with Crippen molar-refractivity contribution < 1.29 is 28.6 Å². The molecular weight excluding hydrogens is 865 g/mol. The SMILES string of the molecule is CC/C=C\C/C=C\C/C=C\C/C=C\CCCCCCC(=O)OC(COC(=O)CC/C=C\C/C=C\C/C=C\C/C=C\CC)COC(=O)CCCCCCCCCCCCCCCCCCCCCCCC. The molecule has 0 spiro atoms. The van der Waals surface area contributed by atoms with Crippen molar-refractivity contribution in [2.24, 2.45) is 0 Å². The number of unbranched alkanes of at least 4 members (excludes halogenated alkanes) is 25. The highest BCUT2D eigenvalue weighted by Crippen LogP contribution is 2.16. The highest BCUT2D eigenvalue weighted by molar-refractivity contribution is 5.71. The maximum Gasteiger partial charge on any atom is 0.306 e. The number of esters is 3. The summed E-state index contributed by atoms with van der Waals surface area (Å²) in [7, 11) is 0. The second-order valence-corrected chi connectivity index (χ2v) is 19.1. The maximum atomic E-state index is 12.8. The number of carbonyl (C=O) groups is 3. The largest absolute Gasteiger partial charge is 0.462 e. The van der Waals surface area contributed by atoms with Gasteiger partial charge < -0.3 is 14.2 Å². The standard InChI is InChI=1S/C64H108O6/c1-4-7-10-13-16-19-22-25-27-29-30-31-32-33-35-36-39-42-45-48-51-54-57-63(66)69-60-61(59-68-62(65)56-53-50-47-44-41-38-24-21-18-15-12-9-6-3)70-64(67)58-55-52-49-46-43-40-37-34-28-26-23-20-17-14-11-8-5-2/h8-9,11-12,17-18,20-21,26,28,37-38,40-41,47,50,61H,4-7,10,13-16,19,22-25,27,29-36,39,42-46,48-49,51-60H2,1-3H3/b11-8-,12-9-,20-17-,21-18-,28-26-,40-37-,41-38-,50-47-. The van der Waals surface area contributed by atoms with Crippen molar-refractivity contribution in [3.05, 3.63) is 97.2 Å². The van der Waals surface area contributed by atoms with Gasteiger partial charge in [0.2, 0.25) is 0 Å². The minimum absolute atomic E-state index is 0.108. The average molecular weight is 974 g/mol. The average Bonchev–Trinajstić information content (AvgIpc) is 3.36. The van der Waals surface area contributed by atoms with Gasteiger partial charge in [-0.25, -0.2) is 0 Å². The number of ether oxygens (including phenoxy) is 3. The van der Waals surface area contributed by atoms with Gasteiger partial charge in [0.05, 0.1) is 0 Å². The van der Waals surface area contributed by atoms with Crippen LogP contribution >= 0.6 is 0 Å². The third kappa shape index (κ3) is 55.3. The first-order chi connectivity index (χ1) is 34.5. The molecule has 0 aromatic rings. The second-order valence-electron chi connectivity index (χ2n) is 19.1. The summed E-state index contributed by atoms with van der Waals surface area (Å²) in [5.74, 6) is -1.01. The van der Waals surface area contributed by atoms with Crippen LogP contribution in [-0.4, -0.2) is 37.2 Å². The van der Waals surface area contributed by atoms with E-state index < -0.39 is 6.10 Å². The lowest BCUT2D eigenvalue weighted by Crippen LogP contribution is -2.30. The fourth-order valence-electron chi connectivity index (χ4n) is 8.04. The van der Waals surface area contributed by atoms with Gasteiger partial charge in [-0.05, 0) is 83.5 Å². The normalized spacial score (nSPS) is 12.8. The van der Waals surface area contributed by atoms with Crippen LogP contribution in [0, 0.1) is 0 Å². The van der Waals surface area contributed by atoms with Crippen LogP contribution in [0.15, 0.2) is 97.2 Å². The van der Waals surface area contributed by atoms with Gasteiger partial charge >= 0.3 is 17.9 Å². The van der Waals surface area contributed by atoms with E-state index in [1.165, 1.54) is 122 Å². The Kier molecular flexibility index (Phi) is 54.9. The van der Waals surface area contributed by atoms with Crippen LogP contribution in [0.1, 0.15) is 271 Å². The zero-order chi connectivity index (χ0) is 50.7. The van der Waals surface area contributed by atoms with Crippen LogP contribution in [-0.2, 0) is 28.6 Å². The van der Waals surface area contributed by atoms with Crippen LogP contribution < -0.4 is 0 Å². The van der Waals surface area contributed by atoms with Gasteiger partial charge in [0, 0.05) is 19.3 Å². The fourth-order valence-corrected chi connectivity index (χ4v) is 8.04. The van der Waals surface area contributed by atoms with Crippen molar-refractivity contribution in [1.29, 1.82) is 0 Å². The van der Waals surface area contributed by atoms with E-state index >= 15 is 0 Å². The summed E-state index contributed by atoms with van der Waals surface area (Å²) in [4.78, 5) is 38.1.